The minimum atomic E-state index is -0.457. The third-order valence-corrected chi connectivity index (χ3v) is 4.78. The largest absolute Gasteiger partial charge is 0.373 e. The van der Waals surface area contributed by atoms with Gasteiger partial charge in [0.15, 0.2) is 5.96 Å². The number of benzene rings is 2. The first-order chi connectivity index (χ1) is 13.2. The van der Waals surface area contributed by atoms with Crippen LogP contribution in [-0.2, 0) is 11.3 Å². The van der Waals surface area contributed by atoms with Crippen molar-refractivity contribution in [1.82, 2.24) is 10.6 Å². The van der Waals surface area contributed by atoms with Gasteiger partial charge in [0.05, 0.1) is 6.10 Å². The zero-order valence-electron chi connectivity index (χ0n) is 15.8. The van der Waals surface area contributed by atoms with Crippen LogP contribution in [-0.4, -0.2) is 26.2 Å². The van der Waals surface area contributed by atoms with Gasteiger partial charge in [-0.2, -0.15) is 0 Å². The Morgan fingerprint density at radius 3 is 2.68 bits per heavy atom. The van der Waals surface area contributed by atoms with Crippen LogP contribution in [0, 0.1) is 17.6 Å². The van der Waals surface area contributed by atoms with Gasteiger partial charge in [-0.1, -0.05) is 30.3 Å². The van der Waals surface area contributed by atoms with E-state index in [0.29, 0.717) is 18.4 Å². The summed E-state index contributed by atoms with van der Waals surface area (Å²) in [7, 11) is 1.66. The molecule has 28 heavy (non-hydrogen) atoms. The van der Waals surface area contributed by atoms with E-state index in [4.69, 9.17) is 4.74 Å². The van der Waals surface area contributed by atoms with E-state index in [1.54, 1.807) is 7.05 Å². The van der Waals surface area contributed by atoms with Crippen molar-refractivity contribution in [2.45, 2.75) is 25.5 Å². The zero-order chi connectivity index (χ0) is 19.1. The highest BCUT2D eigenvalue weighted by Crippen LogP contribution is 2.33. The number of nitrogens with one attached hydrogen (secondary N) is 2. The summed E-state index contributed by atoms with van der Waals surface area (Å²) in [4.78, 5) is 4.17. The molecule has 1 aliphatic heterocycles. The number of aliphatic imine (C=N–C) groups is 1. The van der Waals surface area contributed by atoms with E-state index in [0.717, 1.165) is 31.6 Å². The van der Waals surface area contributed by atoms with E-state index < -0.39 is 11.6 Å². The van der Waals surface area contributed by atoms with Gasteiger partial charge in [-0.3, -0.25) is 4.99 Å². The van der Waals surface area contributed by atoms with E-state index in [-0.39, 0.29) is 42.2 Å². The lowest BCUT2D eigenvalue weighted by atomic mass is 9.89. The summed E-state index contributed by atoms with van der Waals surface area (Å²) in [5.74, 6) is -0.0352. The first-order valence-corrected chi connectivity index (χ1v) is 9.22. The molecule has 1 fully saturated rings. The van der Waals surface area contributed by atoms with Crippen molar-refractivity contribution in [1.29, 1.82) is 0 Å². The molecule has 0 amide bonds. The number of ether oxygens (including phenoxy) is 1. The van der Waals surface area contributed by atoms with Crippen LogP contribution in [0.2, 0.25) is 0 Å². The molecule has 0 saturated carbocycles. The zero-order valence-corrected chi connectivity index (χ0v) is 18.2. The fourth-order valence-electron chi connectivity index (χ4n) is 3.37. The standard InChI is InChI=1S/C21H25F2N3O.HI/c1-24-21(26-14-17-12-18(22)9-10-19(17)23)25-13-16-8-5-11-27-20(16)15-6-3-2-4-7-15;/h2-4,6-7,9-10,12,16,20H,5,8,11,13-14H2,1H3,(H2,24,25,26);1H. The number of halogens is 3. The van der Waals surface area contributed by atoms with Gasteiger partial charge in [0, 0.05) is 38.2 Å². The molecule has 152 valence electrons. The Bertz CT molecular complexity index is 774. The monoisotopic (exact) mass is 501 g/mol. The summed E-state index contributed by atoms with van der Waals surface area (Å²) in [5.41, 5.74) is 1.44. The van der Waals surface area contributed by atoms with E-state index in [1.807, 2.05) is 18.2 Å². The molecule has 4 nitrogen and oxygen atoms in total. The van der Waals surface area contributed by atoms with Gasteiger partial charge in [-0.25, -0.2) is 8.78 Å². The van der Waals surface area contributed by atoms with Gasteiger partial charge in [-0.05, 0) is 36.6 Å². The second-order valence-corrected chi connectivity index (χ2v) is 6.65. The van der Waals surface area contributed by atoms with E-state index in [1.165, 1.54) is 11.6 Å². The molecule has 3 rings (SSSR count). The summed E-state index contributed by atoms with van der Waals surface area (Å²) < 4.78 is 33.1. The summed E-state index contributed by atoms with van der Waals surface area (Å²) in [6.45, 7) is 1.61. The number of hydrogen-bond donors (Lipinski definition) is 2. The Kier molecular flexibility index (Phi) is 9.11. The SMILES string of the molecule is CN=C(NCc1cc(F)ccc1F)NCC1CCCOC1c1ccccc1.I. The smallest absolute Gasteiger partial charge is 0.191 e. The highest BCUT2D eigenvalue weighted by molar-refractivity contribution is 14.0. The fraction of sp³-hybridized carbons (Fsp3) is 0.381. The average Bonchev–Trinajstić information content (AvgIpc) is 2.71. The lowest BCUT2D eigenvalue weighted by Crippen LogP contribution is -2.41. The van der Waals surface area contributed by atoms with Gasteiger partial charge in [0.2, 0.25) is 0 Å². The molecule has 0 aliphatic carbocycles. The van der Waals surface area contributed by atoms with Crippen LogP contribution in [0.1, 0.15) is 30.1 Å². The van der Waals surface area contributed by atoms with Crippen molar-refractivity contribution in [2.24, 2.45) is 10.9 Å². The van der Waals surface area contributed by atoms with Crippen molar-refractivity contribution in [3.8, 4) is 0 Å². The maximum Gasteiger partial charge on any atom is 0.191 e. The average molecular weight is 501 g/mol. The third-order valence-electron chi connectivity index (χ3n) is 4.78. The topological polar surface area (TPSA) is 45.7 Å². The molecule has 0 spiro atoms. The Morgan fingerprint density at radius 2 is 1.93 bits per heavy atom. The predicted molar refractivity (Wildman–Crippen MR) is 118 cm³/mol. The molecule has 2 atom stereocenters. The Hall–Kier alpha value is -1.74. The van der Waals surface area contributed by atoms with Gasteiger partial charge < -0.3 is 15.4 Å². The molecule has 2 aromatic rings. The van der Waals surface area contributed by atoms with Crippen molar-refractivity contribution in [3.63, 3.8) is 0 Å². The van der Waals surface area contributed by atoms with Crippen LogP contribution in [0.15, 0.2) is 53.5 Å². The number of hydrogen-bond acceptors (Lipinski definition) is 2. The summed E-state index contributed by atoms with van der Waals surface area (Å²) in [5, 5.41) is 6.33. The van der Waals surface area contributed by atoms with Crippen LogP contribution in [0.4, 0.5) is 8.78 Å². The molecule has 1 aliphatic rings. The van der Waals surface area contributed by atoms with Crippen LogP contribution < -0.4 is 10.6 Å². The molecule has 7 heteroatoms. The first kappa shape index (κ1) is 22.5. The third kappa shape index (κ3) is 6.13. The molecule has 2 unspecified atom stereocenters. The number of nitrogens with zero attached hydrogens (tertiary/aromatic N) is 1. The number of rotatable bonds is 5. The van der Waals surface area contributed by atoms with E-state index in [2.05, 4.69) is 27.8 Å². The van der Waals surface area contributed by atoms with Gasteiger partial charge in [0.1, 0.15) is 11.6 Å². The Labute approximate surface area is 181 Å². The Balaban J connectivity index is 0.00000280. The van der Waals surface area contributed by atoms with Crippen LogP contribution in [0.3, 0.4) is 0 Å². The van der Waals surface area contributed by atoms with Crippen LogP contribution in [0.5, 0.6) is 0 Å². The first-order valence-electron chi connectivity index (χ1n) is 9.22. The summed E-state index contributed by atoms with van der Waals surface area (Å²) in [6, 6.07) is 13.6. The molecule has 1 heterocycles. The molecule has 1 saturated heterocycles. The number of guanidine groups is 1. The molecule has 2 aromatic carbocycles. The van der Waals surface area contributed by atoms with Gasteiger partial charge in [-0.15, -0.1) is 24.0 Å². The molecule has 0 bridgehead atoms. The van der Waals surface area contributed by atoms with Crippen LogP contribution in [0.25, 0.3) is 0 Å². The van der Waals surface area contributed by atoms with Crippen LogP contribution >= 0.6 is 24.0 Å². The minimum absolute atomic E-state index is 0. The van der Waals surface area contributed by atoms with Crippen molar-refractivity contribution < 1.29 is 13.5 Å². The fourth-order valence-corrected chi connectivity index (χ4v) is 3.37. The predicted octanol–water partition coefficient (Wildman–Crippen LogP) is 4.42. The summed E-state index contributed by atoms with van der Waals surface area (Å²) >= 11 is 0. The van der Waals surface area contributed by atoms with Crippen molar-refractivity contribution >= 4 is 29.9 Å². The molecule has 0 aromatic heterocycles. The van der Waals surface area contributed by atoms with Crippen molar-refractivity contribution in [3.05, 3.63) is 71.3 Å². The second-order valence-electron chi connectivity index (χ2n) is 6.65. The van der Waals surface area contributed by atoms with E-state index >= 15 is 0 Å². The van der Waals surface area contributed by atoms with Gasteiger partial charge >= 0.3 is 0 Å². The molecule has 0 radical (unpaired) electrons. The molecular weight excluding hydrogens is 475 g/mol. The highest BCUT2D eigenvalue weighted by Gasteiger charge is 2.27. The lowest BCUT2D eigenvalue weighted by Gasteiger charge is -2.32. The Morgan fingerprint density at radius 1 is 1.14 bits per heavy atom. The maximum atomic E-state index is 13.8. The van der Waals surface area contributed by atoms with Gasteiger partial charge in [0.25, 0.3) is 0 Å². The maximum absolute atomic E-state index is 13.8. The summed E-state index contributed by atoms with van der Waals surface area (Å²) in [6.07, 6.45) is 2.13. The molecular formula is C21H26F2IN3O. The quantitative estimate of drug-likeness (QED) is 0.363. The van der Waals surface area contributed by atoms with E-state index in [9.17, 15) is 8.78 Å². The highest BCUT2D eigenvalue weighted by atomic mass is 127. The minimum Gasteiger partial charge on any atom is -0.373 e. The normalized spacial score (nSPS) is 19.6. The van der Waals surface area contributed by atoms with Crippen molar-refractivity contribution in [2.75, 3.05) is 20.2 Å². The second kappa shape index (κ2) is 11.3. The molecule has 2 N–H and O–H groups in total. The lowest BCUT2D eigenvalue weighted by molar-refractivity contribution is -0.0265.